The molecule has 2 heterocycles. The van der Waals surface area contributed by atoms with Gasteiger partial charge in [0.15, 0.2) is 16.9 Å². The molecule has 2 aromatic heterocycles. The van der Waals surface area contributed by atoms with E-state index >= 15 is 0 Å². The third-order valence-corrected chi connectivity index (χ3v) is 5.90. The average Bonchev–Trinajstić information content (AvgIpc) is 3.17. The molecule has 11 nitrogen and oxygen atoms in total. The first-order valence-electron chi connectivity index (χ1n) is 9.72. The van der Waals surface area contributed by atoms with Crippen molar-refractivity contribution >= 4 is 30.5 Å². The van der Waals surface area contributed by atoms with Gasteiger partial charge in [0.2, 0.25) is 5.95 Å². The molecule has 3 aromatic rings. The number of nitrogens with two attached hydrogens (primary N) is 1. The first kappa shape index (κ1) is 23.7. The minimum absolute atomic E-state index is 0.0468. The number of aromatic amines is 1. The van der Waals surface area contributed by atoms with Crippen molar-refractivity contribution < 1.29 is 27.5 Å². The molecule has 1 unspecified atom stereocenters. The summed E-state index contributed by atoms with van der Waals surface area (Å²) >= 11 is 0. The van der Waals surface area contributed by atoms with E-state index in [1.807, 2.05) is 0 Å². The zero-order valence-corrected chi connectivity index (χ0v) is 18.2. The van der Waals surface area contributed by atoms with Crippen LogP contribution in [0.3, 0.4) is 0 Å². The highest BCUT2D eigenvalue weighted by Crippen LogP contribution is 2.49. The number of rotatable bonds is 12. The lowest BCUT2D eigenvalue weighted by Crippen LogP contribution is -2.14. The molecule has 0 bridgehead atoms. The van der Waals surface area contributed by atoms with Gasteiger partial charge in [0.25, 0.3) is 5.56 Å². The van der Waals surface area contributed by atoms with Crippen molar-refractivity contribution in [3.05, 3.63) is 52.3 Å². The Morgan fingerprint density at radius 2 is 2.16 bits per heavy atom. The van der Waals surface area contributed by atoms with Gasteiger partial charge in [-0.05, 0) is 17.7 Å². The number of anilines is 1. The monoisotopic (exact) mass is 467 g/mol. The van der Waals surface area contributed by atoms with Gasteiger partial charge in [0.05, 0.1) is 19.5 Å². The standard InChI is InChI=1S/C19H23FN5O6P/c1-2-15(26)10-31-32(28,30-9-13-4-3-5-14(20)8-13)12-29-7-6-25-11-22-16-17(25)23-19(21)24-18(16)27/h3-5,8,11H,2,6-7,9-10,12H2,1H3,(H3,21,23,24,27). The predicted molar refractivity (Wildman–Crippen MR) is 113 cm³/mol. The number of nitrogens with one attached hydrogen (secondary N) is 1. The number of hydrogen-bond donors (Lipinski definition) is 2. The quantitative estimate of drug-likeness (QED) is 0.302. The Kier molecular flexibility index (Phi) is 7.86. The number of hydrogen-bond acceptors (Lipinski definition) is 9. The number of H-pyrrole nitrogens is 1. The molecule has 0 aliphatic carbocycles. The lowest BCUT2D eigenvalue weighted by Gasteiger charge is -2.18. The van der Waals surface area contributed by atoms with Crippen molar-refractivity contribution in [2.45, 2.75) is 26.5 Å². The fourth-order valence-corrected chi connectivity index (χ4v) is 3.92. The molecule has 0 spiro atoms. The minimum Gasteiger partial charge on any atom is -0.369 e. The van der Waals surface area contributed by atoms with Crippen LogP contribution in [0.4, 0.5) is 10.3 Å². The molecular weight excluding hydrogens is 444 g/mol. The fraction of sp³-hybridized carbons (Fsp3) is 0.368. The van der Waals surface area contributed by atoms with Gasteiger partial charge < -0.3 is 19.6 Å². The van der Waals surface area contributed by atoms with Crippen molar-refractivity contribution in [1.29, 1.82) is 0 Å². The summed E-state index contributed by atoms with van der Waals surface area (Å²) in [6, 6.07) is 5.62. The van der Waals surface area contributed by atoms with Crippen LogP contribution in [0.25, 0.3) is 11.2 Å². The second-order valence-corrected chi connectivity index (χ2v) is 8.78. The van der Waals surface area contributed by atoms with E-state index in [-0.39, 0.29) is 49.1 Å². The first-order valence-corrected chi connectivity index (χ1v) is 11.4. The molecule has 3 rings (SSSR count). The minimum atomic E-state index is -3.82. The number of nitrogen functional groups attached to an aromatic ring is 1. The lowest BCUT2D eigenvalue weighted by atomic mass is 10.2. The summed E-state index contributed by atoms with van der Waals surface area (Å²) in [6.07, 6.45) is 1.20. The molecule has 0 amide bonds. The fourth-order valence-electron chi connectivity index (χ4n) is 2.66. The summed E-state index contributed by atoms with van der Waals surface area (Å²) in [5, 5.41) is 0. The normalized spacial score (nSPS) is 13.3. The van der Waals surface area contributed by atoms with E-state index in [2.05, 4.69) is 15.0 Å². The lowest BCUT2D eigenvalue weighted by molar-refractivity contribution is -0.121. The molecule has 0 radical (unpaired) electrons. The number of nitrogens with zero attached hydrogens (tertiary/aromatic N) is 3. The number of halogens is 1. The maximum Gasteiger partial charge on any atom is 0.356 e. The number of ketones is 1. The van der Waals surface area contributed by atoms with Crippen LogP contribution in [-0.2, 0) is 36.3 Å². The molecule has 0 aliphatic rings. The molecule has 32 heavy (non-hydrogen) atoms. The van der Waals surface area contributed by atoms with Crippen LogP contribution in [0.2, 0.25) is 0 Å². The van der Waals surface area contributed by atoms with Gasteiger partial charge >= 0.3 is 7.60 Å². The molecule has 0 saturated carbocycles. The number of benzene rings is 1. The van der Waals surface area contributed by atoms with Crippen LogP contribution in [0.5, 0.6) is 0 Å². The van der Waals surface area contributed by atoms with E-state index < -0.39 is 31.9 Å². The highest BCUT2D eigenvalue weighted by molar-refractivity contribution is 7.53. The topological polar surface area (TPSA) is 151 Å². The summed E-state index contributed by atoms with van der Waals surface area (Å²) in [4.78, 5) is 33.8. The van der Waals surface area contributed by atoms with Crippen molar-refractivity contribution in [3.63, 3.8) is 0 Å². The summed E-state index contributed by atoms with van der Waals surface area (Å²) in [5.41, 5.74) is 5.97. The third kappa shape index (κ3) is 6.30. The van der Waals surface area contributed by atoms with E-state index in [9.17, 15) is 18.5 Å². The zero-order valence-electron chi connectivity index (χ0n) is 17.3. The zero-order chi connectivity index (χ0) is 23.1. The van der Waals surface area contributed by atoms with E-state index in [1.165, 1.54) is 24.5 Å². The largest absolute Gasteiger partial charge is 0.369 e. The van der Waals surface area contributed by atoms with Gasteiger partial charge in [0, 0.05) is 13.0 Å². The Bertz CT molecular complexity index is 1200. The Morgan fingerprint density at radius 1 is 1.34 bits per heavy atom. The van der Waals surface area contributed by atoms with E-state index in [1.54, 1.807) is 17.6 Å². The van der Waals surface area contributed by atoms with Crippen LogP contribution in [0.1, 0.15) is 18.9 Å². The second kappa shape index (κ2) is 10.6. The Labute approximate surface area is 182 Å². The predicted octanol–water partition coefficient (Wildman–Crippen LogP) is 2.22. The number of carbonyl (C=O) groups excluding carboxylic acids is 1. The van der Waals surface area contributed by atoms with Gasteiger partial charge in [-0.3, -0.25) is 23.7 Å². The van der Waals surface area contributed by atoms with Gasteiger partial charge in [-0.15, -0.1) is 0 Å². The number of carbonyl (C=O) groups is 1. The summed E-state index contributed by atoms with van der Waals surface area (Å²) < 4.78 is 44.1. The van der Waals surface area contributed by atoms with E-state index in [0.29, 0.717) is 5.56 Å². The third-order valence-electron chi connectivity index (χ3n) is 4.35. The first-order chi connectivity index (χ1) is 15.3. The Morgan fingerprint density at radius 3 is 2.91 bits per heavy atom. The smallest absolute Gasteiger partial charge is 0.356 e. The van der Waals surface area contributed by atoms with Gasteiger partial charge in [-0.1, -0.05) is 19.1 Å². The molecule has 0 saturated heterocycles. The maximum absolute atomic E-state index is 13.4. The molecule has 3 N–H and O–H groups in total. The van der Waals surface area contributed by atoms with E-state index in [0.717, 1.165) is 0 Å². The second-order valence-electron chi connectivity index (χ2n) is 6.78. The number of Topliss-reactive ketones (excluding diaryl/α,β-unsaturated/α-hetero) is 1. The number of ether oxygens (including phenoxy) is 1. The van der Waals surface area contributed by atoms with Crippen molar-refractivity contribution in [3.8, 4) is 0 Å². The molecule has 13 heteroatoms. The van der Waals surface area contributed by atoms with Crippen molar-refractivity contribution in [2.75, 3.05) is 25.3 Å². The SMILES string of the molecule is CCC(=O)COP(=O)(COCCn1cnc2c(=O)[nH]c(N)nc21)OCc1cccc(F)c1. The van der Waals surface area contributed by atoms with Crippen molar-refractivity contribution in [2.24, 2.45) is 0 Å². The number of imidazole rings is 1. The summed E-state index contributed by atoms with van der Waals surface area (Å²) in [6.45, 7) is 1.36. The summed E-state index contributed by atoms with van der Waals surface area (Å²) in [7, 11) is -3.82. The molecular formula is C19H23FN5O6P. The Hall–Kier alpha value is -2.92. The summed E-state index contributed by atoms with van der Waals surface area (Å²) in [5.74, 6) is -0.757. The van der Waals surface area contributed by atoms with Crippen LogP contribution in [0, 0.1) is 5.82 Å². The van der Waals surface area contributed by atoms with Crippen LogP contribution >= 0.6 is 7.60 Å². The van der Waals surface area contributed by atoms with Crippen LogP contribution in [0.15, 0.2) is 35.4 Å². The average molecular weight is 467 g/mol. The number of fused-ring (bicyclic) bond motifs is 1. The molecule has 0 fully saturated rings. The molecule has 1 aromatic carbocycles. The highest BCUT2D eigenvalue weighted by atomic mass is 31.2. The maximum atomic E-state index is 13.4. The van der Waals surface area contributed by atoms with Gasteiger partial charge in [0.1, 0.15) is 18.8 Å². The molecule has 0 aliphatic heterocycles. The molecule has 172 valence electrons. The Balaban J connectivity index is 1.61. The van der Waals surface area contributed by atoms with Crippen LogP contribution in [-0.4, -0.2) is 44.9 Å². The highest BCUT2D eigenvalue weighted by Gasteiger charge is 2.26. The van der Waals surface area contributed by atoms with Crippen LogP contribution < -0.4 is 11.3 Å². The van der Waals surface area contributed by atoms with Crippen molar-refractivity contribution in [1.82, 2.24) is 19.5 Å². The van der Waals surface area contributed by atoms with E-state index in [4.69, 9.17) is 19.5 Å². The van der Waals surface area contributed by atoms with Gasteiger partial charge in [-0.25, -0.2) is 9.37 Å². The number of aromatic nitrogens is 4. The van der Waals surface area contributed by atoms with Gasteiger partial charge in [-0.2, -0.15) is 4.98 Å². The molecule has 1 atom stereocenters.